The SMILES string of the molecule is CCCCC(CN1CCCC1CO)OC. The van der Waals surface area contributed by atoms with E-state index in [0.29, 0.717) is 18.8 Å². The van der Waals surface area contributed by atoms with Crippen LogP contribution in [0.15, 0.2) is 0 Å². The topological polar surface area (TPSA) is 32.7 Å². The van der Waals surface area contributed by atoms with Gasteiger partial charge in [0.2, 0.25) is 0 Å². The quantitative estimate of drug-likeness (QED) is 0.701. The lowest BCUT2D eigenvalue weighted by Gasteiger charge is -2.27. The van der Waals surface area contributed by atoms with Gasteiger partial charge in [-0.15, -0.1) is 0 Å². The Balaban J connectivity index is 2.29. The maximum absolute atomic E-state index is 9.22. The second-order valence-corrected chi connectivity index (χ2v) is 4.47. The van der Waals surface area contributed by atoms with E-state index in [4.69, 9.17) is 4.74 Å². The van der Waals surface area contributed by atoms with Gasteiger partial charge in [-0.1, -0.05) is 19.8 Å². The molecule has 0 aliphatic carbocycles. The first-order valence-electron chi connectivity index (χ1n) is 6.19. The summed E-state index contributed by atoms with van der Waals surface area (Å²) >= 11 is 0. The van der Waals surface area contributed by atoms with Gasteiger partial charge in [0.25, 0.3) is 0 Å². The average Bonchev–Trinajstić information content (AvgIpc) is 2.71. The fourth-order valence-electron chi connectivity index (χ4n) is 2.32. The molecule has 1 rings (SSSR count). The Morgan fingerprint density at radius 1 is 1.53 bits per heavy atom. The molecule has 0 saturated carbocycles. The second-order valence-electron chi connectivity index (χ2n) is 4.47. The van der Waals surface area contributed by atoms with E-state index >= 15 is 0 Å². The first-order valence-corrected chi connectivity index (χ1v) is 6.19. The molecule has 0 aromatic heterocycles. The van der Waals surface area contributed by atoms with Crippen molar-refractivity contribution in [2.75, 3.05) is 26.8 Å². The van der Waals surface area contributed by atoms with Crippen molar-refractivity contribution in [1.82, 2.24) is 4.90 Å². The molecule has 1 heterocycles. The number of nitrogens with zero attached hydrogens (tertiary/aromatic N) is 1. The van der Waals surface area contributed by atoms with Gasteiger partial charge in [0.05, 0.1) is 12.7 Å². The van der Waals surface area contributed by atoms with Gasteiger partial charge in [0.15, 0.2) is 0 Å². The van der Waals surface area contributed by atoms with E-state index in [1.54, 1.807) is 7.11 Å². The van der Waals surface area contributed by atoms with Crippen LogP contribution in [0.2, 0.25) is 0 Å². The molecule has 1 N–H and O–H groups in total. The number of ether oxygens (including phenoxy) is 1. The predicted molar refractivity (Wildman–Crippen MR) is 62.0 cm³/mol. The molecule has 0 aromatic carbocycles. The maximum Gasteiger partial charge on any atom is 0.0698 e. The number of hydrogen-bond acceptors (Lipinski definition) is 3. The smallest absolute Gasteiger partial charge is 0.0698 e. The fourth-order valence-corrected chi connectivity index (χ4v) is 2.32. The Bertz CT molecular complexity index is 164. The number of aliphatic hydroxyl groups is 1. The van der Waals surface area contributed by atoms with Gasteiger partial charge in [0.1, 0.15) is 0 Å². The third kappa shape index (κ3) is 4.09. The summed E-state index contributed by atoms with van der Waals surface area (Å²) < 4.78 is 5.48. The minimum atomic E-state index is 0.296. The molecule has 0 aromatic rings. The van der Waals surface area contributed by atoms with Gasteiger partial charge >= 0.3 is 0 Å². The van der Waals surface area contributed by atoms with Gasteiger partial charge in [-0.25, -0.2) is 0 Å². The summed E-state index contributed by atoms with van der Waals surface area (Å²) in [5, 5.41) is 9.22. The molecule has 2 unspecified atom stereocenters. The number of likely N-dealkylation sites (tertiary alicyclic amines) is 1. The van der Waals surface area contributed by atoms with Crippen molar-refractivity contribution in [1.29, 1.82) is 0 Å². The number of rotatable bonds is 7. The van der Waals surface area contributed by atoms with Crippen LogP contribution in [0.25, 0.3) is 0 Å². The first kappa shape index (κ1) is 12.9. The highest BCUT2D eigenvalue weighted by molar-refractivity contribution is 4.80. The van der Waals surface area contributed by atoms with E-state index in [0.717, 1.165) is 25.9 Å². The van der Waals surface area contributed by atoms with Crippen LogP contribution in [0, 0.1) is 0 Å². The van der Waals surface area contributed by atoms with E-state index in [9.17, 15) is 5.11 Å². The molecule has 90 valence electrons. The summed E-state index contributed by atoms with van der Waals surface area (Å²) in [7, 11) is 1.80. The molecule has 3 nitrogen and oxygen atoms in total. The maximum atomic E-state index is 9.22. The van der Waals surface area contributed by atoms with Crippen molar-refractivity contribution in [3.05, 3.63) is 0 Å². The van der Waals surface area contributed by atoms with Crippen LogP contribution in [-0.2, 0) is 4.74 Å². The molecule has 1 aliphatic heterocycles. The minimum Gasteiger partial charge on any atom is -0.395 e. The Morgan fingerprint density at radius 2 is 2.33 bits per heavy atom. The zero-order valence-electron chi connectivity index (χ0n) is 10.1. The lowest BCUT2D eigenvalue weighted by molar-refractivity contribution is 0.0432. The molecule has 3 heteroatoms. The zero-order chi connectivity index (χ0) is 11.1. The minimum absolute atomic E-state index is 0.296. The molecule has 1 saturated heterocycles. The van der Waals surface area contributed by atoms with Gasteiger partial charge in [-0.2, -0.15) is 0 Å². The van der Waals surface area contributed by atoms with Crippen molar-refractivity contribution in [3.63, 3.8) is 0 Å². The second kappa shape index (κ2) is 7.20. The molecule has 0 spiro atoms. The highest BCUT2D eigenvalue weighted by atomic mass is 16.5. The van der Waals surface area contributed by atoms with Gasteiger partial charge in [0, 0.05) is 19.7 Å². The monoisotopic (exact) mass is 215 g/mol. The summed E-state index contributed by atoms with van der Waals surface area (Å²) in [4.78, 5) is 2.38. The van der Waals surface area contributed by atoms with E-state index in [2.05, 4.69) is 11.8 Å². The van der Waals surface area contributed by atoms with Crippen molar-refractivity contribution in [3.8, 4) is 0 Å². The average molecular weight is 215 g/mol. The van der Waals surface area contributed by atoms with Crippen LogP contribution >= 0.6 is 0 Å². The van der Waals surface area contributed by atoms with Crippen LogP contribution in [-0.4, -0.2) is 49.0 Å². The molecular weight excluding hydrogens is 190 g/mol. The van der Waals surface area contributed by atoms with Crippen molar-refractivity contribution >= 4 is 0 Å². The largest absolute Gasteiger partial charge is 0.395 e. The number of unbranched alkanes of at least 4 members (excludes halogenated alkanes) is 1. The molecule has 0 amide bonds. The van der Waals surface area contributed by atoms with Crippen molar-refractivity contribution in [2.24, 2.45) is 0 Å². The normalized spacial score (nSPS) is 24.6. The third-order valence-electron chi connectivity index (χ3n) is 3.36. The van der Waals surface area contributed by atoms with Crippen molar-refractivity contribution in [2.45, 2.75) is 51.2 Å². The summed E-state index contributed by atoms with van der Waals surface area (Å²) in [5.74, 6) is 0. The Labute approximate surface area is 93.4 Å². The summed E-state index contributed by atoms with van der Waals surface area (Å²) in [6, 6.07) is 0.379. The number of hydrogen-bond donors (Lipinski definition) is 1. The molecule has 0 radical (unpaired) electrons. The van der Waals surface area contributed by atoms with Gasteiger partial charge < -0.3 is 9.84 Å². The molecule has 15 heavy (non-hydrogen) atoms. The predicted octanol–water partition coefficient (Wildman–Crippen LogP) is 1.65. The molecule has 2 atom stereocenters. The van der Waals surface area contributed by atoms with Crippen LogP contribution in [0.4, 0.5) is 0 Å². The number of methoxy groups -OCH3 is 1. The van der Waals surface area contributed by atoms with Gasteiger partial charge in [-0.05, 0) is 25.8 Å². The number of aliphatic hydroxyl groups excluding tert-OH is 1. The van der Waals surface area contributed by atoms with E-state index in [1.807, 2.05) is 0 Å². The zero-order valence-corrected chi connectivity index (χ0v) is 10.1. The molecule has 1 fully saturated rings. The van der Waals surface area contributed by atoms with Gasteiger partial charge in [-0.3, -0.25) is 4.90 Å². The summed E-state index contributed by atoms with van der Waals surface area (Å²) in [5.41, 5.74) is 0. The van der Waals surface area contributed by atoms with Crippen molar-refractivity contribution < 1.29 is 9.84 Å². The molecular formula is C12H25NO2. The molecule has 0 bridgehead atoms. The Kier molecular flexibility index (Phi) is 6.22. The van der Waals surface area contributed by atoms with Crippen LogP contribution in [0.3, 0.4) is 0 Å². The van der Waals surface area contributed by atoms with Crippen LogP contribution in [0.5, 0.6) is 0 Å². The Morgan fingerprint density at radius 3 is 2.93 bits per heavy atom. The highest BCUT2D eigenvalue weighted by Crippen LogP contribution is 2.18. The summed E-state index contributed by atoms with van der Waals surface area (Å²) in [6.45, 7) is 4.61. The van der Waals surface area contributed by atoms with Crippen LogP contribution in [0.1, 0.15) is 39.0 Å². The highest BCUT2D eigenvalue weighted by Gasteiger charge is 2.25. The standard InChI is InChI=1S/C12H25NO2/c1-3-4-7-12(15-2)9-13-8-5-6-11(13)10-14/h11-12,14H,3-10H2,1-2H3. The fraction of sp³-hybridized carbons (Fsp3) is 1.00. The Hall–Kier alpha value is -0.120. The summed E-state index contributed by atoms with van der Waals surface area (Å²) in [6.07, 6.45) is 6.30. The van der Waals surface area contributed by atoms with Crippen LogP contribution < -0.4 is 0 Å². The van der Waals surface area contributed by atoms with E-state index in [-0.39, 0.29) is 0 Å². The van der Waals surface area contributed by atoms with E-state index in [1.165, 1.54) is 19.3 Å². The lowest BCUT2D eigenvalue weighted by Crippen LogP contribution is -2.38. The first-order chi connectivity index (χ1) is 7.31. The van der Waals surface area contributed by atoms with E-state index < -0.39 is 0 Å². The molecule has 1 aliphatic rings. The lowest BCUT2D eigenvalue weighted by atomic mass is 10.1. The third-order valence-corrected chi connectivity index (χ3v) is 3.36.